The second-order valence-electron chi connectivity index (χ2n) is 4.30. The highest BCUT2D eigenvalue weighted by Crippen LogP contribution is 2.34. The average Bonchev–Trinajstić information content (AvgIpc) is 2.47. The van der Waals surface area contributed by atoms with Crippen molar-refractivity contribution in [3.05, 3.63) is 58.1 Å². The zero-order chi connectivity index (χ0) is 16.2. The molecule has 0 aromatic heterocycles. The van der Waals surface area contributed by atoms with Crippen molar-refractivity contribution in [1.82, 2.24) is 0 Å². The van der Waals surface area contributed by atoms with Gasteiger partial charge in [0.1, 0.15) is 5.75 Å². The maximum Gasteiger partial charge on any atom is 0.418 e. The van der Waals surface area contributed by atoms with Gasteiger partial charge in [0.15, 0.2) is 0 Å². The fourth-order valence-corrected chi connectivity index (χ4v) is 2.18. The maximum absolute atomic E-state index is 12.9. The van der Waals surface area contributed by atoms with Gasteiger partial charge in [0.25, 0.3) is 0 Å². The van der Waals surface area contributed by atoms with Gasteiger partial charge in [-0.15, -0.1) is 0 Å². The van der Waals surface area contributed by atoms with Gasteiger partial charge in [-0.1, -0.05) is 28.1 Å². The molecule has 0 saturated heterocycles. The van der Waals surface area contributed by atoms with E-state index in [1.165, 1.54) is 31.5 Å². The van der Waals surface area contributed by atoms with Gasteiger partial charge in [0.05, 0.1) is 24.6 Å². The molecule has 0 atom stereocenters. The van der Waals surface area contributed by atoms with E-state index in [0.29, 0.717) is 11.3 Å². The number of hydrogen-bond acceptors (Lipinski definition) is 3. The number of hydrogen-bond donors (Lipinski definition) is 1. The lowest BCUT2D eigenvalue weighted by molar-refractivity contribution is -0.136. The third kappa shape index (κ3) is 4.00. The van der Waals surface area contributed by atoms with Crippen molar-refractivity contribution in [3.8, 4) is 5.75 Å². The van der Waals surface area contributed by atoms with Gasteiger partial charge in [-0.2, -0.15) is 18.3 Å². The Morgan fingerprint density at radius 2 is 1.91 bits per heavy atom. The van der Waals surface area contributed by atoms with Crippen molar-refractivity contribution in [3.63, 3.8) is 0 Å². The lowest BCUT2D eigenvalue weighted by Gasteiger charge is -2.11. The smallest absolute Gasteiger partial charge is 0.418 e. The molecule has 0 saturated carbocycles. The summed E-state index contributed by atoms with van der Waals surface area (Å²) in [5.74, 6) is 0.567. The number of nitrogens with one attached hydrogen (secondary N) is 1. The summed E-state index contributed by atoms with van der Waals surface area (Å²) in [7, 11) is 1.51. The molecule has 0 radical (unpaired) electrons. The number of rotatable bonds is 4. The van der Waals surface area contributed by atoms with Crippen LogP contribution in [0.4, 0.5) is 18.9 Å². The summed E-state index contributed by atoms with van der Waals surface area (Å²) in [6, 6.07) is 10.4. The minimum Gasteiger partial charge on any atom is -0.496 e. The van der Waals surface area contributed by atoms with Gasteiger partial charge in [-0.3, -0.25) is 5.43 Å². The van der Waals surface area contributed by atoms with Crippen LogP contribution in [0.2, 0.25) is 0 Å². The predicted molar refractivity (Wildman–Crippen MR) is 83.4 cm³/mol. The summed E-state index contributed by atoms with van der Waals surface area (Å²) >= 11 is 3.31. The third-order valence-electron chi connectivity index (χ3n) is 2.81. The standard InChI is InChI=1S/C15H12BrF3N2O/c1-22-14-7-6-11(16)8-10(14)9-20-21-13-5-3-2-4-12(13)15(17,18)19/h2-9,21H,1H3. The zero-order valence-electron chi connectivity index (χ0n) is 11.5. The Morgan fingerprint density at radius 1 is 1.18 bits per heavy atom. The Hall–Kier alpha value is -2.02. The molecular formula is C15H12BrF3N2O. The summed E-state index contributed by atoms with van der Waals surface area (Å²) in [5.41, 5.74) is 2.17. The van der Waals surface area contributed by atoms with Crippen molar-refractivity contribution in [1.29, 1.82) is 0 Å². The molecule has 0 heterocycles. The van der Waals surface area contributed by atoms with Gasteiger partial charge in [0, 0.05) is 10.0 Å². The predicted octanol–water partition coefficient (Wildman–Crippen LogP) is 4.92. The van der Waals surface area contributed by atoms with Crippen LogP contribution < -0.4 is 10.2 Å². The van der Waals surface area contributed by atoms with Crippen molar-refractivity contribution < 1.29 is 17.9 Å². The molecule has 0 spiro atoms. The molecule has 116 valence electrons. The van der Waals surface area contributed by atoms with E-state index in [0.717, 1.165) is 10.5 Å². The van der Waals surface area contributed by atoms with E-state index >= 15 is 0 Å². The highest BCUT2D eigenvalue weighted by molar-refractivity contribution is 9.10. The van der Waals surface area contributed by atoms with Crippen molar-refractivity contribution in [2.24, 2.45) is 5.10 Å². The van der Waals surface area contributed by atoms with Crippen LogP contribution in [0.3, 0.4) is 0 Å². The lowest BCUT2D eigenvalue weighted by atomic mass is 10.2. The molecule has 7 heteroatoms. The first kappa shape index (κ1) is 16.4. The van der Waals surface area contributed by atoms with Gasteiger partial charge in [0.2, 0.25) is 0 Å². The van der Waals surface area contributed by atoms with E-state index in [1.807, 2.05) is 0 Å². The van der Waals surface area contributed by atoms with Gasteiger partial charge in [-0.05, 0) is 30.3 Å². The van der Waals surface area contributed by atoms with Crippen LogP contribution >= 0.6 is 15.9 Å². The van der Waals surface area contributed by atoms with E-state index in [4.69, 9.17) is 4.74 Å². The lowest BCUT2D eigenvalue weighted by Crippen LogP contribution is -2.08. The number of benzene rings is 2. The average molecular weight is 373 g/mol. The van der Waals surface area contributed by atoms with E-state index in [2.05, 4.69) is 26.5 Å². The Kier molecular flexibility index (Phi) is 5.07. The van der Waals surface area contributed by atoms with Gasteiger partial charge < -0.3 is 4.74 Å². The maximum atomic E-state index is 12.9. The summed E-state index contributed by atoms with van der Waals surface area (Å²) in [5, 5.41) is 3.86. The van der Waals surface area contributed by atoms with E-state index in [1.54, 1.807) is 18.2 Å². The molecule has 2 rings (SSSR count). The molecule has 0 aliphatic carbocycles. The topological polar surface area (TPSA) is 33.6 Å². The van der Waals surface area contributed by atoms with Crippen LogP contribution in [-0.2, 0) is 6.18 Å². The third-order valence-corrected chi connectivity index (χ3v) is 3.31. The summed E-state index contributed by atoms with van der Waals surface area (Å²) in [4.78, 5) is 0. The number of halogens is 4. The zero-order valence-corrected chi connectivity index (χ0v) is 13.1. The Morgan fingerprint density at radius 3 is 2.59 bits per heavy atom. The van der Waals surface area contributed by atoms with Gasteiger partial charge >= 0.3 is 6.18 Å². The van der Waals surface area contributed by atoms with Crippen molar-refractivity contribution >= 4 is 27.8 Å². The molecule has 0 bridgehead atoms. The molecule has 0 aliphatic rings. The van der Waals surface area contributed by atoms with E-state index in [-0.39, 0.29) is 5.69 Å². The molecule has 2 aromatic carbocycles. The highest BCUT2D eigenvalue weighted by Gasteiger charge is 2.33. The van der Waals surface area contributed by atoms with Crippen molar-refractivity contribution in [2.75, 3.05) is 12.5 Å². The fraction of sp³-hybridized carbons (Fsp3) is 0.133. The molecule has 0 aliphatic heterocycles. The Bertz CT molecular complexity index is 687. The van der Waals surface area contributed by atoms with Crippen LogP contribution in [0.5, 0.6) is 5.75 Å². The number of nitrogens with zero attached hydrogens (tertiary/aromatic N) is 1. The first-order valence-electron chi connectivity index (χ1n) is 6.20. The molecule has 0 amide bonds. The van der Waals surface area contributed by atoms with Crippen LogP contribution in [-0.4, -0.2) is 13.3 Å². The second-order valence-corrected chi connectivity index (χ2v) is 5.22. The number of ether oxygens (including phenoxy) is 1. The molecule has 2 aromatic rings. The monoisotopic (exact) mass is 372 g/mol. The number of para-hydroxylation sites is 1. The number of anilines is 1. The minimum absolute atomic E-state index is 0.111. The van der Waals surface area contributed by atoms with E-state index < -0.39 is 11.7 Å². The SMILES string of the molecule is COc1ccc(Br)cc1C=NNc1ccccc1C(F)(F)F. The molecular weight excluding hydrogens is 361 g/mol. The molecule has 1 N–H and O–H groups in total. The normalized spacial score (nSPS) is 11.7. The number of hydrazone groups is 1. The molecule has 3 nitrogen and oxygen atoms in total. The molecule has 0 fully saturated rings. The first-order valence-corrected chi connectivity index (χ1v) is 7.00. The largest absolute Gasteiger partial charge is 0.496 e. The molecule has 22 heavy (non-hydrogen) atoms. The summed E-state index contributed by atoms with van der Waals surface area (Å²) in [6.07, 6.45) is -3.04. The summed E-state index contributed by atoms with van der Waals surface area (Å²) < 4.78 is 44.5. The Balaban J connectivity index is 2.22. The van der Waals surface area contributed by atoms with Crippen LogP contribution in [0.1, 0.15) is 11.1 Å². The Labute approximate surface area is 133 Å². The number of methoxy groups -OCH3 is 1. The van der Waals surface area contributed by atoms with Crippen LogP contribution in [0, 0.1) is 0 Å². The second kappa shape index (κ2) is 6.83. The summed E-state index contributed by atoms with van der Waals surface area (Å²) in [6.45, 7) is 0. The highest BCUT2D eigenvalue weighted by atomic mass is 79.9. The number of alkyl halides is 3. The molecule has 0 unspecified atom stereocenters. The van der Waals surface area contributed by atoms with Crippen molar-refractivity contribution in [2.45, 2.75) is 6.18 Å². The first-order chi connectivity index (χ1) is 10.4. The van der Waals surface area contributed by atoms with Gasteiger partial charge in [-0.25, -0.2) is 0 Å². The van der Waals surface area contributed by atoms with Crippen LogP contribution in [0.15, 0.2) is 52.0 Å². The van der Waals surface area contributed by atoms with Crippen LogP contribution in [0.25, 0.3) is 0 Å². The van der Waals surface area contributed by atoms with E-state index in [9.17, 15) is 13.2 Å². The quantitative estimate of drug-likeness (QED) is 0.610. The fourth-order valence-electron chi connectivity index (χ4n) is 1.81. The minimum atomic E-state index is -4.44.